The summed E-state index contributed by atoms with van der Waals surface area (Å²) in [5.74, 6) is 0. The average molecular weight is 116 g/mol. The fourth-order valence-electron chi connectivity index (χ4n) is 0. The Balaban J connectivity index is 0. The van der Waals surface area contributed by atoms with Crippen LogP contribution in [-0.2, 0) is 0 Å². The Hall–Kier alpha value is -0.370. The maximum Gasteiger partial charge on any atom is 0.00686 e. The molecular weight excluding hydrogens is 100 g/mol. The molecule has 0 aromatic carbocycles. The molecule has 8 heavy (non-hydrogen) atoms. The Kier molecular flexibility index (Phi) is 6.32. The Morgan fingerprint density at radius 2 is 1.38 bits per heavy atom. The molecule has 0 saturated heterocycles. The van der Waals surface area contributed by atoms with E-state index in [9.17, 15) is 0 Å². The van der Waals surface area contributed by atoms with Crippen molar-refractivity contribution in [1.82, 2.24) is 0 Å². The van der Waals surface area contributed by atoms with Gasteiger partial charge in [-0.25, -0.2) is 0 Å². The summed E-state index contributed by atoms with van der Waals surface area (Å²) in [6.45, 7) is 7.56. The van der Waals surface area contributed by atoms with Crippen LogP contribution in [0, 0.1) is 5.41 Å². The van der Waals surface area contributed by atoms with Crippen LogP contribution in [-0.4, -0.2) is 11.8 Å². The summed E-state index contributed by atoms with van der Waals surface area (Å²) in [4.78, 5) is 0. The molecule has 0 saturated carbocycles. The van der Waals surface area contributed by atoms with Crippen molar-refractivity contribution in [3.05, 3.63) is 0 Å². The molecule has 0 fully saturated rings. The van der Waals surface area contributed by atoms with Crippen LogP contribution in [0.1, 0.15) is 27.7 Å². The number of rotatable bonds is 0. The van der Waals surface area contributed by atoms with Crippen molar-refractivity contribution in [2.24, 2.45) is 5.73 Å². The van der Waals surface area contributed by atoms with E-state index in [-0.39, 0.29) is 5.54 Å². The van der Waals surface area contributed by atoms with Crippen LogP contribution in [0.5, 0.6) is 0 Å². The third-order valence-electron chi connectivity index (χ3n) is 0. The fraction of sp³-hybridized carbons (Fsp3) is 0.833. The predicted molar refractivity (Wildman–Crippen MR) is 38.4 cm³/mol. The molecule has 0 radical (unpaired) electrons. The molecule has 0 aliphatic carbocycles. The second-order valence-electron chi connectivity index (χ2n) is 2.65. The molecule has 0 aromatic heterocycles. The molecule has 0 heterocycles. The number of hydrogen-bond donors (Lipinski definition) is 2. The standard InChI is InChI=1S/C4H11N.C2H5N/c1-4(2,3)5;1-2-3/h5H2,1-3H3;2-3H,1H3. The first-order valence-corrected chi connectivity index (χ1v) is 2.65. The Bertz CT molecular complexity index is 46.0. The van der Waals surface area contributed by atoms with Crippen molar-refractivity contribution in [1.29, 1.82) is 5.41 Å². The third kappa shape index (κ3) is 882. The van der Waals surface area contributed by atoms with Gasteiger partial charge in [0.1, 0.15) is 0 Å². The van der Waals surface area contributed by atoms with Crippen molar-refractivity contribution in [3.63, 3.8) is 0 Å². The third-order valence-corrected chi connectivity index (χ3v) is 0. The molecule has 3 N–H and O–H groups in total. The molecule has 0 spiro atoms. The monoisotopic (exact) mass is 116 g/mol. The van der Waals surface area contributed by atoms with E-state index in [1.165, 1.54) is 6.21 Å². The fourth-order valence-corrected chi connectivity index (χ4v) is 0. The lowest BCUT2D eigenvalue weighted by Gasteiger charge is -2.06. The summed E-state index contributed by atoms with van der Waals surface area (Å²) in [6.07, 6.45) is 1.25. The molecule has 0 atom stereocenters. The first-order valence-electron chi connectivity index (χ1n) is 2.65. The quantitative estimate of drug-likeness (QED) is 0.462. The molecule has 0 rings (SSSR count). The topological polar surface area (TPSA) is 49.9 Å². The molecule has 0 aromatic rings. The summed E-state index contributed by atoms with van der Waals surface area (Å²) in [7, 11) is 0. The molecule has 0 amide bonds. The Labute approximate surface area is 51.6 Å². The van der Waals surface area contributed by atoms with Crippen LogP contribution in [0.4, 0.5) is 0 Å². The van der Waals surface area contributed by atoms with Gasteiger partial charge in [-0.05, 0) is 33.9 Å². The molecule has 0 aliphatic heterocycles. The van der Waals surface area contributed by atoms with Crippen LogP contribution < -0.4 is 5.73 Å². The van der Waals surface area contributed by atoms with Gasteiger partial charge in [-0.3, -0.25) is 0 Å². The van der Waals surface area contributed by atoms with Crippen LogP contribution in [0.15, 0.2) is 0 Å². The average Bonchev–Trinajstić information content (AvgIpc) is 1.27. The normalized spacial score (nSPS) is 9.12. The molecule has 0 bridgehead atoms. The van der Waals surface area contributed by atoms with Crippen molar-refractivity contribution in [3.8, 4) is 0 Å². The van der Waals surface area contributed by atoms with Gasteiger partial charge in [-0.1, -0.05) is 0 Å². The zero-order valence-corrected chi connectivity index (χ0v) is 6.15. The van der Waals surface area contributed by atoms with E-state index in [2.05, 4.69) is 0 Å². The Morgan fingerprint density at radius 3 is 1.38 bits per heavy atom. The van der Waals surface area contributed by atoms with Crippen molar-refractivity contribution in [2.75, 3.05) is 0 Å². The van der Waals surface area contributed by atoms with Gasteiger partial charge in [0.2, 0.25) is 0 Å². The van der Waals surface area contributed by atoms with Gasteiger partial charge in [0.15, 0.2) is 0 Å². The highest BCUT2D eigenvalue weighted by molar-refractivity contribution is 5.48. The van der Waals surface area contributed by atoms with Crippen molar-refractivity contribution in [2.45, 2.75) is 33.2 Å². The van der Waals surface area contributed by atoms with Gasteiger partial charge in [0, 0.05) is 5.54 Å². The van der Waals surface area contributed by atoms with Crippen LogP contribution in [0.3, 0.4) is 0 Å². The van der Waals surface area contributed by atoms with E-state index in [1.807, 2.05) is 20.8 Å². The largest absolute Gasteiger partial charge is 0.326 e. The van der Waals surface area contributed by atoms with E-state index in [0.29, 0.717) is 0 Å². The minimum Gasteiger partial charge on any atom is -0.326 e. The first-order chi connectivity index (χ1) is 3.41. The summed E-state index contributed by atoms with van der Waals surface area (Å²) in [6, 6.07) is 0. The minimum absolute atomic E-state index is 0. The molecule has 50 valence electrons. The molecule has 0 aliphatic rings. The molecular formula is C6H16N2. The highest BCUT2D eigenvalue weighted by atomic mass is 14.7. The minimum atomic E-state index is 0. The maximum absolute atomic E-state index is 6.08. The van der Waals surface area contributed by atoms with Gasteiger partial charge >= 0.3 is 0 Å². The second-order valence-corrected chi connectivity index (χ2v) is 2.65. The lowest BCUT2D eigenvalue weighted by Crippen LogP contribution is -2.26. The smallest absolute Gasteiger partial charge is 0.00686 e. The van der Waals surface area contributed by atoms with Gasteiger partial charge in [-0.2, -0.15) is 0 Å². The highest BCUT2D eigenvalue weighted by Crippen LogP contribution is 1.88. The van der Waals surface area contributed by atoms with Gasteiger partial charge in [0.05, 0.1) is 0 Å². The van der Waals surface area contributed by atoms with E-state index in [0.717, 1.165) is 0 Å². The zero-order chi connectivity index (χ0) is 7.21. The first kappa shape index (κ1) is 10.6. The number of nitrogens with one attached hydrogen (secondary N) is 1. The highest BCUT2D eigenvalue weighted by Gasteiger charge is 1.95. The maximum atomic E-state index is 6.08. The summed E-state index contributed by atoms with van der Waals surface area (Å²) >= 11 is 0. The van der Waals surface area contributed by atoms with E-state index in [4.69, 9.17) is 11.1 Å². The van der Waals surface area contributed by atoms with E-state index in [1.54, 1.807) is 6.92 Å². The van der Waals surface area contributed by atoms with Gasteiger partial charge in [0.25, 0.3) is 0 Å². The predicted octanol–water partition coefficient (Wildman–Crippen LogP) is 1.40. The molecule has 2 nitrogen and oxygen atoms in total. The van der Waals surface area contributed by atoms with Crippen molar-refractivity contribution < 1.29 is 0 Å². The summed E-state index contributed by atoms with van der Waals surface area (Å²) in [5, 5.41) is 6.08. The van der Waals surface area contributed by atoms with E-state index < -0.39 is 0 Å². The summed E-state index contributed by atoms with van der Waals surface area (Å²) in [5.41, 5.74) is 5.35. The molecule has 2 heteroatoms. The van der Waals surface area contributed by atoms with E-state index >= 15 is 0 Å². The number of nitrogens with two attached hydrogens (primary N) is 1. The number of hydrogen-bond acceptors (Lipinski definition) is 2. The lowest BCUT2D eigenvalue weighted by atomic mass is 10.1. The Morgan fingerprint density at radius 1 is 1.38 bits per heavy atom. The van der Waals surface area contributed by atoms with Crippen LogP contribution in [0.2, 0.25) is 0 Å². The van der Waals surface area contributed by atoms with Gasteiger partial charge < -0.3 is 11.1 Å². The zero-order valence-electron chi connectivity index (χ0n) is 6.15. The van der Waals surface area contributed by atoms with Gasteiger partial charge in [-0.15, -0.1) is 0 Å². The summed E-state index contributed by atoms with van der Waals surface area (Å²) < 4.78 is 0. The van der Waals surface area contributed by atoms with Crippen LogP contribution in [0.25, 0.3) is 0 Å². The lowest BCUT2D eigenvalue weighted by molar-refractivity contribution is 0.580. The SMILES string of the molecule is CC(C)(C)N.CC=N. The second kappa shape index (κ2) is 4.78. The van der Waals surface area contributed by atoms with Crippen LogP contribution >= 0.6 is 0 Å². The molecule has 0 unspecified atom stereocenters. The van der Waals surface area contributed by atoms with Crippen molar-refractivity contribution >= 4 is 6.21 Å².